The topological polar surface area (TPSA) is 49.2 Å². The molecule has 0 radical (unpaired) electrons. The standard InChI is InChI=1S/C11H14F3N3O/c1-10(18)4-2-6-17(7-10)9-15-5-3-8(16-9)11(12,13)14/h3,5,18H,2,4,6-7H2,1H3. The highest BCUT2D eigenvalue weighted by Gasteiger charge is 2.34. The summed E-state index contributed by atoms with van der Waals surface area (Å²) in [5, 5.41) is 9.92. The minimum atomic E-state index is -4.48. The molecule has 4 nitrogen and oxygen atoms in total. The highest BCUT2D eigenvalue weighted by atomic mass is 19.4. The molecule has 18 heavy (non-hydrogen) atoms. The molecule has 0 bridgehead atoms. The average molecular weight is 261 g/mol. The normalized spacial score (nSPS) is 25.3. The maximum Gasteiger partial charge on any atom is 0.433 e. The molecule has 1 fully saturated rings. The van der Waals surface area contributed by atoms with Crippen LogP contribution in [0.2, 0.25) is 0 Å². The second kappa shape index (κ2) is 4.38. The summed E-state index contributed by atoms with van der Waals surface area (Å²) in [6.45, 7) is 2.46. The number of anilines is 1. The third-order valence-electron chi connectivity index (χ3n) is 2.89. The van der Waals surface area contributed by atoms with Crippen molar-refractivity contribution in [3.8, 4) is 0 Å². The fraction of sp³-hybridized carbons (Fsp3) is 0.636. The smallest absolute Gasteiger partial charge is 0.388 e. The van der Waals surface area contributed by atoms with E-state index in [4.69, 9.17) is 0 Å². The van der Waals surface area contributed by atoms with E-state index in [-0.39, 0.29) is 12.5 Å². The van der Waals surface area contributed by atoms with Crippen molar-refractivity contribution in [3.63, 3.8) is 0 Å². The first-order valence-corrected chi connectivity index (χ1v) is 5.65. The zero-order valence-electron chi connectivity index (χ0n) is 9.91. The Morgan fingerprint density at radius 2 is 2.17 bits per heavy atom. The summed E-state index contributed by atoms with van der Waals surface area (Å²) in [4.78, 5) is 8.94. The van der Waals surface area contributed by atoms with E-state index in [1.807, 2.05) is 0 Å². The van der Waals surface area contributed by atoms with Crippen LogP contribution in [0, 0.1) is 0 Å². The van der Waals surface area contributed by atoms with E-state index in [0.717, 1.165) is 12.3 Å². The Kier molecular flexibility index (Phi) is 3.18. The van der Waals surface area contributed by atoms with E-state index in [1.54, 1.807) is 11.8 Å². The largest absolute Gasteiger partial charge is 0.433 e. The number of β-amino-alcohol motifs (C(OH)–C–C–N with tert-alkyl or cyclic N) is 1. The Hall–Kier alpha value is -1.37. The van der Waals surface area contributed by atoms with Gasteiger partial charge in [0.1, 0.15) is 5.69 Å². The van der Waals surface area contributed by atoms with Crippen LogP contribution < -0.4 is 4.90 Å². The third-order valence-corrected chi connectivity index (χ3v) is 2.89. The van der Waals surface area contributed by atoms with Crippen LogP contribution in [0.4, 0.5) is 19.1 Å². The van der Waals surface area contributed by atoms with E-state index in [1.165, 1.54) is 0 Å². The van der Waals surface area contributed by atoms with Crippen LogP contribution in [0.25, 0.3) is 0 Å². The maximum atomic E-state index is 12.5. The average Bonchev–Trinajstić information content (AvgIpc) is 2.27. The summed E-state index contributed by atoms with van der Waals surface area (Å²) in [5.74, 6) is 0.0183. The predicted molar refractivity (Wildman–Crippen MR) is 59.1 cm³/mol. The zero-order chi connectivity index (χ0) is 13.4. The lowest BCUT2D eigenvalue weighted by Gasteiger charge is -2.36. The molecule has 1 N–H and O–H groups in total. The lowest BCUT2D eigenvalue weighted by molar-refractivity contribution is -0.141. The summed E-state index contributed by atoms with van der Waals surface area (Å²) in [6, 6.07) is 0.839. The van der Waals surface area contributed by atoms with Crippen molar-refractivity contribution in [3.05, 3.63) is 18.0 Å². The molecule has 1 unspecified atom stereocenters. The molecule has 1 atom stereocenters. The molecule has 2 heterocycles. The van der Waals surface area contributed by atoms with Gasteiger partial charge in [0.2, 0.25) is 5.95 Å². The van der Waals surface area contributed by atoms with Gasteiger partial charge in [-0.25, -0.2) is 9.97 Å². The van der Waals surface area contributed by atoms with Crippen LogP contribution in [-0.4, -0.2) is 33.8 Å². The van der Waals surface area contributed by atoms with Gasteiger partial charge in [-0.2, -0.15) is 13.2 Å². The number of rotatable bonds is 1. The molecule has 0 saturated carbocycles. The lowest BCUT2D eigenvalue weighted by atomic mass is 9.95. The Morgan fingerprint density at radius 1 is 1.44 bits per heavy atom. The van der Waals surface area contributed by atoms with Crippen molar-refractivity contribution in [2.75, 3.05) is 18.0 Å². The molecule has 1 aromatic rings. The SMILES string of the molecule is CC1(O)CCCN(c2nccc(C(F)(F)F)n2)C1. The summed E-state index contributed by atoms with van der Waals surface area (Å²) >= 11 is 0. The van der Waals surface area contributed by atoms with E-state index in [9.17, 15) is 18.3 Å². The molecule has 0 spiro atoms. The molecule has 7 heteroatoms. The first kappa shape index (κ1) is 13.1. The van der Waals surface area contributed by atoms with Crippen molar-refractivity contribution in [2.24, 2.45) is 0 Å². The third kappa shape index (κ3) is 2.90. The number of aliphatic hydroxyl groups is 1. The van der Waals surface area contributed by atoms with E-state index in [0.29, 0.717) is 19.4 Å². The van der Waals surface area contributed by atoms with E-state index < -0.39 is 17.5 Å². The van der Waals surface area contributed by atoms with Gasteiger partial charge in [-0.15, -0.1) is 0 Å². The van der Waals surface area contributed by atoms with Crippen molar-refractivity contribution in [2.45, 2.75) is 31.5 Å². The van der Waals surface area contributed by atoms with Gasteiger partial charge in [0.25, 0.3) is 0 Å². The molecule has 1 aliphatic heterocycles. The van der Waals surface area contributed by atoms with Crippen molar-refractivity contribution in [1.82, 2.24) is 9.97 Å². The van der Waals surface area contributed by atoms with E-state index >= 15 is 0 Å². The second-order valence-corrected chi connectivity index (χ2v) is 4.76. The monoisotopic (exact) mass is 261 g/mol. The Morgan fingerprint density at radius 3 is 2.78 bits per heavy atom. The lowest BCUT2D eigenvalue weighted by Crippen LogP contribution is -2.46. The Bertz CT molecular complexity index is 434. The molecule has 1 aromatic heterocycles. The molecule has 100 valence electrons. The Balaban J connectivity index is 2.23. The first-order valence-electron chi connectivity index (χ1n) is 5.65. The fourth-order valence-corrected chi connectivity index (χ4v) is 2.05. The van der Waals surface area contributed by atoms with Crippen LogP contribution >= 0.6 is 0 Å². The van der Waals surface area contributed by atoms with Gasteiger partial charge < -0.3 is 10.0 Å². The second-order valence-electron chi connectivity index (χ2n) is 4.76. The number of hydrogen-bond acceptors (Lipinski definition) is 4. The summed E-state index contributed by atoms with van der Waals surface area (Å²) in [7, 11) is 0. The number of halogens is 3. The molecule has 2 rings (SSSR count). The van der Waals surface area contributed by atoms with Gasteiger partial charge in [-0.1, -0.05) is 0 Å². The first-order chi connectivity index (χ1) is 8.28. The number of aromatic nitrogens is 2. The zero-order valence-corrected chi connectivity index (χ0v) is 9.91. The highest BCUT2D eigenvalue weighted by molar-refractivity contribution is 5.32. The Labute approximate surface area is 102 Å². The molecule has 0 amide bonds. The van der Waals surface area contributed by atoms with Crippen LogP contribution in [-0.2, 0) is 6.18 Å². The highest BCUT2D eigenvalue weighted by Crippen LogP contribution is 2.29. The summed E-state index contributed by atoms with van der Waals surface area (Å²) in [6.07, 6.45) is -2.06. The molecule has 1 saturated heterocycles. The van der Waals surface area contributed by atoms with Gasteiger partial charge in [0, 0.05) is 19.3 Å². The van der Waals surface area contributed by atoms with Gasteiger partial charge >= 0.3 is 6.18 Å². The van der Waals surface area contributed by atoms with E-state index in [2.05, 4.69) is 9.97 Å². The van der Waals surface area contributed by atoms with Crippen LogP contribution in [0.15, 0.2) is 12.3 Å². The number of piperidine rings is 1. The number of alkyl halides is 3. The van der Waals surface area contributed by atoms with Gasteiger partial charge in [0.15, 0.2) is 0 Å². The number of nitrogens with zero attached hydrogens (tertiary/aromatic N) is 3. The molecule has 0 aliphatic carbocycles. The van der Waals surface area contributed by atoms with Crippen LogP contribution in [0.3, 0.4) is 0 Å². The van der Waals surface area contributed by atoms with Gasteiger partial charge in [-0.05, 0) is 25.8 Å². The molecular weight excluding hydrogens is 247 g/mol. The van der Waals surface area contributed by atoms with Crippen molar-refractivity contribution in [1.29, 1.82) is 0 Å². The molecule has 1 aliphatic rings. The molecule has 0 aromatic carbocycles. The van der Waals surface area contributed by atoms with Crippen molar-refractivity contribution < 1.29 is 18.3 Å². The molecular formula is C11H14F3N3O. The van der Waals surface area contributed by atoms with Crippen LogP contribution in [0.5, 0.6) is 0 Å². The fourth-order valence-electron chi connectivity index (χ4n) is 2.05. The predicted octanol–water partition coefficient (Wildman–Crippen LogP) is 1.85. The summed E-state index contributed by atoms with van der Waals surface area (Å²) < 4.78 is 37.6. The summed E-state index contributed by atoms with van der Waals surface area (Å²) in [5.41, 5.74) is -1.87. The van der Waals surface area contributed by atoms with Crippen molar-refractivity contribution >= 4 is 5.95 Å². The van der Waals surface area contributed by atoms with Gasteiger partial charge in [-0.3, -0.25) is 0 Å². The minimum absolute atomic E-state index is 0.0183. The minimum Gasteiger partial charge on any atom is -0.388 e. The van der Waals surface area contributed by atoms with Gasteiger partial charge in [0.05, 0.1) is 5.60 Å². The van der Waals surface area contributed by atoms with Crippen LogP contribution in [0.1, 0.15) is 25.5 Å². The quantitative estimate of drug-likeness (QED) is 0.838. The maximum absolute atomic E-state index is 12.5. The number of hydrogen-bond donors (Lipinski definition) is 1.